The van der Waals surface area contributed by atoms with Gasteiger partial charge in [0.2, 0.25) is 0 Å². The summed E-state index contributed by atoms with van der Waals surface area (Å²) in [5, 5.41) is 3.36. The van der Waals surface area contributed by atoms with Crippen LogP contribution in [0.1, 0.15) is 12.8 Å². The predicted octanol–water partition coefficient (Wildman–Crippen LogP) is 2.09. The topological polar surface area (TPSA) is 39.7 Å². The monoisotopic (exact) mass is 265 g/mol. The molecule has 0 radical (unpaired) electrons. The van der Waals surface area contributed by atoms with E-state index in [2.05, 4.69) is 5.32 Å². The molecule has 1 N–H and O–H groups in total. The van der Waals surface area contributed by atoms with E-state index in [0.717, 1.165) is 37.6 Å². The second-order valence-corrected chi connectivity index (χ2v) is 4.81. The molecule has 1 aromatic carbocycles. The van der Waals surface area contributed by atoms with Crippen molar-refractivity contribution in [1.82, 2.24) is 5.32 Å². The van der Waals surface area contributed by atoms with E-state index in [1.54, 1.807) is 7.11 Å². The summed E-state index contributed by atoms with van der Waals surface area (Å²) in [6.07, 6.45) is 2.07. The van der Waals surface area contributed by atoms with Gasteiger partial charge in [0.15, 0.2) is 11.5 Å². The van der Waals surface area contributed by atoms with Gasteiger partial charge in [-0.05, 0) is 32.0 Å². The van der Waals surface area contributed by atoms with Gasteiger partial charge >= 0.3 is 0 Å². The van der Waals surface area contributed by atoms with Crippen molar-refractivity contribution >= 4 is 0 Å². The average molecular weight is 265 g/mol. The van der Waals surface area contributed by atoms with E-state index in [1.165, 1.54) is 0 Å². The number of rotatable bonds is 6. The van der Waals surface area contributed by atoms with Gasteiger partial charge in [-0.25, -0.2) is 0 Å². The van der Waals surface area contributed by atoms with Crippen LogP contribution in [0.15, 0.2) is 24.3 Å². The first-order valence-corrected chi connectivity index (χ1v) is 6.86. The maximum atomic E-state index is 5.82. The molecule has 0 spiro atoms. The Labute approximate surface area is 115 Å². The molecule has 1 fully saturated rings. The van der Waals surface area contributed by atoms with Crippen LogP contribution in [0, 0.1) is 5.92 Å². The second-order valence-electron chi connectivity index (χ2n) is 4.81. The number of para-hydroxylation sites is 2. The van der Waals surface area contributed by atoms with E-state index in [-0.39, 0.29) is 0 Å². The van der Waals surface area contributed by atoms with Crippen molar-refractivity contribution in [2.45, 2.75) is 18.9 Å². The molecule has 0 aliphatic carbocycles. The lowest BCUT2D eigenvalue weighted by Crippen LogP contribution is -2.41. The van der Waals surface area contributed by atoms with E-state index in [1.807, 2.05) is 31.3 Å². The minimum Gasteiger partial charge on any atom is -0.493 e. The third kappa shape index (κ3) is 3.85. The number of benzene rings is 1. The smallest absolute Gasteiger partial charge is 0.161 e. The molecule has 4 nitrogen and oxygen atoms in total. The molecule has 0 bridgehead atoms. The second kappa shape index (κ2) is 7.36. The lowest BCUT2D eigenvalue weighted by atomic mass is 9.93. The lowest BCUT2D eigenvalue weighted by molar-refractivity contribution is 0.0255. The molecule has 1 aromatic rings. The summed E-state index contributed by atoms with van der Waals surface area (Å²) >= 11 is 0. The first-order chi connectivity index (χ1) is 9.35. The summed E-state index contributed by atoms with van der Waals surface area (Å²) in [7, 11) is 3.68. The number of methoxy groups -OCH3 is 1. The normalized spacial score (nSPS) is 23.1. The van der Waals surface area contributed by atoms with Gasteiger partial charge in [-0.2, -0.15) is 0 Å². The molecule has 2 rings (SSSR count). The van der Waals surface area contributed by atoms with E-state index in [9.17, 15) is 0 Å². The standard InChI is InChI=1S/C15H23NO3/c1-16-13-8-9-18-11-12(13)7-10-19-15-6-4-3-5-14(15)17-2/h3-6,12-13,16H,7-11H2,1-2H3. The Bertz CT molecular complexity index is 383. The molecule has 19 heavy (non-hydrogen) atoms. The molecule has 2 atom stereocenters. The van der Waals surface area contributed by atoms with Gasteiger partial charge in [0.25, 0.3) is 0 Å². The van der Waals surface area contributed by atoms with Crippen LogP contribution in [0.4, 0.5) is 0 Å². The van der Waals surface area contributed by atoms with Crippen LogP contribution >= 0.6 is 0 Å². The zero-order chi connectivity index (χ0) is 13.5. The van der Waals surface area contributed by atoms with Gasteiger partial charge in [0.05, 0.1) is 20.3 Å². The van der Waals surface area contributed by atoms with Gasteiger partial charge < -0.3 is 19.5 Å². The fourth-order valence-electron chi connectivity index (χ4n) is 2.52. The summed E-state index contributed by atoms with van der Waals surface area (Å²) < 4.78 is 16.6. The summed E-state index contributed by atoms with van der Waals surface area (Å²) in [5.74, 6) is 2.11. The molecular weight excluding hydrogens is 242 g/mol. The fraction of sp³-hybridized carbons (Fsp3) is 0.600. The van der Waals surface area contributed by atoms with Crippen LogP contribution in [-0.4, -0.2) is 40.0 Å². The Morgan fingerprint density at radius 3 is 2.84 bits per heavy atom. The molecule has 4 heteroatoms. The fourth-order valence-corrected chi connectivity index (χ4v) is 2.52. The Kier molecular flexibility index (Phi) is 5.48. The Balaban J connectivity index is 1.82. The van der Waals surface area contributed by atoms with Crippen molar-refractivity contribution < 1.29 is 14.2 Å². The molecule has 0 aromatic heterocycles. The highest BCUT2D eigenvalue weighted by atomic mass is 16.5. The molecule has 0 saturated carbocycles. The van der Waals surface area contributed by atoms with Crippen molar-refractivity contribution in [3.63, 3.8) is 0 Å². The van der Waals surface area contributed by atoms with Gasteiger partial charge in [-0.3, -0.25) is 0 Å². The summed E-state index contributed by atoms with van der Waals surface area (Å²) in [6.45, 7) is 2.36. The summed E-state index contributed by atoms with van der Waals surface area (Å²) in [4.78, 5) is 0. The van der Waals surface area contributed by atoms with Gasteiger partial charge in [0, 0.05) is 18.6 Å². The van der Waals surface area contributed by atoms with E-state index >= 15 is 0 Å². The van der Waals surface area contributed by atoms with Crippen molar-refractivity contribution in [2.75, 3.05) is 34.0 Å². The van der Waals surface area contributed by atoms with E-state index in [4.69, 9.17) is 14.2 Å². The maximum absolute atomic E-state index is 5.82. The third-order valence-corrected chi connectivity index (χ3v) is 3.66. The Morgan fingerprint density at radius 1 is 1.32 bits per heavy atom. The van der Waals surface area contributed by atoms with Crippen LogP contribution in [0.5, 0.6) is 11.5 Å². The number of ether oxygens (including phenoxy) is 3. The quantitative estimate of drug-likeness (QED) is 0.855. The maximum Gasteiger partial charge on any atom is 0.161 e. The summed E-state index contributed by atoms with van der Waals surface area (Å²) in [6, 6.07) is 8.28. The molecular formula is C15H23NO3. The SMILES string of the molecule is CNC1CCOCC1CCOc1ccccc1OC. The first kappa shape index (κ1) is 14.2. The number of hydrogen-bond donors (Lipinski definition) is 1. The van der Waals surface area contributed by atoms with Crippen LogP contribution in [0.2, 0.25) is 0 Å². The highest BCUT2D eigenvalue weighted by Gasteiger charge is 2.24. The van der Waals surface area contributed by atoms with Crippen molar-refractivity contribution in [1.29, 1.82) is 0 Å². The van der Waals surface area contributed by atoms with Crippen molar-refractivity contribution in [2.24, 2.45) is 5.92 Å². The zero-order valence-corrected chi connectivity index (χ0v) is 11.7. The predicted molar refractivity (Wildman–Crippen MR) is 74.9 cm³/mol. The Morgan fingerprint density at radius 2 is 2.11 bits per heavy atom. The third-order valence-electron chi connectivity index (χ3n) is 3.66. The largest absolute Gasteiger partial charge is 0.493 e. The van der Waals surface area contributed by atoms with Crippen LogP contribution in [-0.2, 0) is 4.74 Å². The summed E-state index contributed by atoms with van der Waals surface area (Å²) in [5.41, 5.74) is 0. The molecule has 2 unspecified atom stereocenters. The lowest BCUT2D eigenvalue weighted by Gasteiger charge is -2.31. The molecule has 1 aliphatic heterocycles. The van der Waals surface area contributed by atoms with Crippen molar-refractivity contribution in [3.8, 4) is 11.5 Å². The molecule has 1 heterocycles. The van der Waals surface area contributed by atoms with Gasteiger partial charge in [-0.1, -0.05) is 12.1 Å². The highest BCUT2D eigenvalue weighted by Crippen LogP contribution is 2.26. The zero-order valence-electron chi connectivity index (χ0n) is 11.7. The molecule has 0 amide bonds. The minimum atomic E-state index is 0.522. The number of hydrogen-bond acceptors (Lipinski definition) is 4. The van der Waals surface area contributed by atoms with Gasteiger partial charge in [-0.15, -0.1) is 0 Å². The Hall–Kier alpha value is -1.26. The van der Waals surface area contributed by atoms with Crippen LogP contribution in [0.3, 0.4) is 0 Å². The van der Waals surface area contributed by atoms with Crippen LogP contribution < -0.4 is 14.8 Å². The van der Waals surface area contributed by atoms with E-state index in [0.29, 0.717) is 18.6 Å². The number of nitrogens with one attached hydrogen (secondary N) is 1. The van der Waals surface area contributed by atoms with Crippen LogP contribution in [0.25, 0.3) is 0 Å². The van der Waals surface area contributed by atoms with Crippen molar-refractivity contribution in [3.05, 3.63) is 24.3 Å². The minimum absolute atomic E-state index is 0.522. The molecule has 1 saturated heterocycles. The highest BCUT2D eigenvalue weighted by molar-refractivity contribution is 5.39. The van der Waals surface area contributed by atoms with Gasteiger partial charge in [0.1, 0.15) is 0 Å². The molecule has 1 aliphatic rings. The van der Waals surface area contributed by atoms with E-state index < -0.39 is 0 Å². The molecule has 106 valence electrons. The first-order valence-electron chi connectivity index (χ1n) is 6.86. The average Bonchev–Trinajstić information content (AvgIpc) is 2.48.